The first kappa shape index (κ1) is 12.6. The highest BCUT2D eigenvalue weighted by molar-refractivity contribution is 5.74. The largest absolute Gasteiger partial charge is 0.285 e. The van der Waals surface area contributed by atoms with Gasteiger partial charge in [0.1, 0.15) is 11.8 Å². The van der Waals surface area contributed by atoms with Crippen LogP contribution < -0.4 is 5.56 Å². The molecule has 7 heteroatoms. The summed E-state index contributed by atoms with van der Waals surface area (Å²) in [5.41, 5.74) is 3.65. The summed E-state index contributed by atoms with van der Waals surface area (Å²) >= 11 is 0. The molecule has 0 aliphatic rings. The monoisotopic (exact) mass is 292 g/mol. The molecule has 3 aromatic heterocycles. The van der Waals surface area contributed by atoms with Gasteiger partial charge in [-0.3, -0.25) is 9.36 Å². The van der Waals surface area contributed by atoms with Crippen LogP contribution in [0.4, 0.5) is 0 Å². The molecule has 4 rings (SSSR count). The molecule has 1 aromatic carbocycles. The second kappa shape index (κ2) is 4.45. The lowest BCUT2D eigenvalue weighted by molar-refractivity contribution is 0.911. The molecule has 0 aliphatic heterocycles. The number of aromatic nitrogens is 6. The zero-order valence-electron chi connectivity index (χ0n) is 12.1. The predicted octanol–water partition coefficient (Wildman–Crippen LogP) is 1.44. The van der Waals surface area contributed by atoms with Crippen molar-refractivity contribution in [1.29, 1.82) is 0 Å². The van der Waals surface area contributed by atoms with Gasteiger partial charge >= 0.3 is 0 Å². The molecule has 0 aliphatic carbocycles. The van der Waals surface area contributed by atoms with E-state index in [2.05, 4.69) is 20.3 Å². The molecule has 0 N–H and O–H groups in total. The smallest absolute Gasteiger partial charge is 0.282 e. The molecular formula is C15H12N6O. The fourth-order valence-corrected chi connectivity index (χ4v) is 2.53. The standard InChI is InChI=1S/C15H12N6O/c1-9-4-3-5-11(10(9)2)20-7-6-12-13(14(20)22)18-19-15-16-8-17-21(12)15/h3-8H,1-2H3. The molecule has 4 aromatic rings. The Bertz CT molecular complexity index is 1080. The average Bonchev–Trinajstić information content (AvgIpc) is 3.00. The Labute approximate surface area is 124 Å². The summed E-state index contributed by atoms with van der Waals surface area (Å²) in [5.74, 6) is 0.372. The third kappa shape index (κ3) is 1.65. The quantitative estimate of drug-likeness (QED) is 0.530. The van der Waals surface area contributed by atoms with Gasteiger partial charge in [-0.1, -0.05) is 12.1 Å². The highest BCUT2D eigenvalue weighted by Gasteiger charge is 2.12. The topological polar surface area (TPSA) is 78.0 Å². The molecule has 0 atom stereocenters. The Kier molecular flexibility index (Phi) is 2.56. The second-order valence-electron chi connectivity index (χ2n) is 5.12. The van der Waals surface area contributed by atoms with Crippen LogP contribution in [0.1, 0.15) is 11.1 Å². The van der Waals surface area contributed by atoms with Crippen molar-refractivity contribution in [2.75, 3.05) is 0 Å². The summed E-state index contributed by atoms with van der Waals surface area (Å²) in [5, 5.41) is 12.0. The molecule has 0 saturated carbocycles. The Morgan fingerprint density at radius 3 is 2.82 bits per heavy atom. The van der Waals surface area contributed by atoms with Gasteiger partial charge in [0, 0.05) is 6.20 Å². The van der Waals surface area contributed by atoms with Gasteiger partial charge in [0.05, 0.1) is 5.69 Å². The number of pyridine rings is 1. The highest BCUT2D eigenvalue weighted by Crippen LogP contribution is 2.17. The Morgan fingerprint density at radius 1 is 1.09 bits per heavy atom. The van der Waals surface area contributed by atoms with E-state index in [-0.39, 0.29) is 11.1 Å². The molecule has 22 heavy (non-hydrogen) atoms. The number of hydrogen-bond donors (Lipinski definition) is 0. The number of nitrogens with zero attached hydrogens (tertiary/aromatic N) is 6. The summed E-state index contributed by atoms with van der Waals surface area (Å²) in [7, 11) is 0. The van der Waals surface area contributed by atoms with Gasteiger partial charge in [0.15, 0.2) is 5.52 Å². The molecule has 0 unspecified atom stereocenters. The maximum Gasteiger partial charge on any atom is 0.285 e. The van der Waals surface area contributed by atoms with E-state index in [9.17, 15) is 4.79 Å². The lowest BCUT2D eigenvalue weighted by atomic mass is 10.1. The molecule has 0 bridgehead atoms. The summed E-state index contributed by atoms with van der Waals surface area (Å²) in [6.07, 6.45) is 3.12. The van der Waals surface area contributed by atoms with Crippen molar-refractivity contribution in [3.05, 3.63) is 58.3 Å². The van der Waals surface area contributed by atoms with Gasteiger partial charge in [-0.05, 0) is 37.1 Å². The first-order valence-electron chi connectivity index (χ1n) is 6.81. The fourth-order valence-electron chi connectivity index (χ4n) is 2.53. The lowest BCUT2D eigenvalue weighted by Crippen LogP contribution is -2.21. The molecule has 7 nitrogen and oxygen atoms in total. The Balaban J connectivity index is 2.08. The van der Waals surface area contributed by atoms with Crippen LogP contribution in [0.2, 0.25) is 0 Å². The van der Waals surface area contributed by atoms with Crippen LogP contribution in [0, 0.1) is 13.8 Å². The maximum absolute atomic E-state index is 12.8. The number of rotatable bonds is 1. The normalized spacial score (nSPS) is 11.4. The molecule has 0 amide bonds. The zero-order chi connectivity index (χ0) is 15.3. The Morgan fingerprint density at radius 2 is 1.95 bits per heavy atom. The predicted molar refractivity (Wildman–Crippen MR) is 81.2 cm³/mol. The van der Waals surface area contributed by atoms with Crippen molar-refractivity contribution >= 4 is 16.8 Å². The Hall–Kier alpha value is -3.09. The fraction of sp³-hybridized carbons (Fsp3) is 0.133. The van der Waals surface area contributed by atoms with Gasteiger partial charge < -0.3 is 0 Å². The average molecular weight is 292 g/mol. The summed E-state index contributed by atoms with van der Waals surface area (Å²) < 4.78 is 3.10. The summed E-state index contributed by atoms with van der Waals surface area (Å²) in [6, 6.07) is 7.66. The molecule has 0 radical (unpaired) electrons. The van der Waals surface area contributed by atoms with Crippen LogP contribution in [0.15, 0.2) is 41.6 Å². The van der Waals surface area contributed by atoms with Crippen molar-refractivity contribution < 1.29 is 0 Å². The van der Waals surface area contributed by atoms with Gasteiger partial charge in [0.2, 0.25) is 0 Å². The molecule has 108 valence electrons. The minimum Gasteiger partial charge on any atom is -0.282 e. The highest BCUT2D eigenvalue weighted by atomic mass is 16.1. The molecular weight excluding hydrogens is 280 g/mol. The van der Waals surface area contributed by atoms with E-state index in [1.807, 2.05) is 32.0 Å². The van der Waals surface area contributed by atoms with Gasteiger partial charge in [0.25, 0.3) is 11.3 Å². The van der Waals surface area contributed by atoms with E-state index in [1.165, 1.54) is 10.8 Å². The lowest BCUT2D eigenvalue weighted by Gasteiger charge is -2.11. The van der Waals surface area contributed by atoms with E-state index in [0.29, 0.717) is 11.3 Å². The number of aryl methyl sites for hydroxylation is 1. The van der Waals surface area contributed by atoms with E-state index >= 15 is 0 Å². The van der Waals surface area contributed by atoms with Crippen LogP contribution in [0.3, 0.4) is 0 Å². The van der Waals surface area contributed by atoms with Crippen molar-refractivity contribution in [2.24, 2.45) is 0 Å². The van der Waals surface area contributed by atoms with E-state index in [4.69, 9.17) is 0 Å². The third-order valence-electron chi connectivity index (χ3n) is 3.88. The number of benzene rings is 1. The first-order valence-corrected chi connectivity index (χ1v) is 6.81. The molecule has 0 saturated heterocycles. The van der Waals surface area contributed by atoms with E-state index in [1.54, 1.807) is 16.8 Å². The molecule has 0 spiro atoms. The molecule has 0 fully saturated rings. The number of hydrogen-bond acceptors (Lipinski definition) is 5. The summed E-state index contributed by atoms with van der Waals surface area (Å²) in [6.45, 7) is 4.01. The van der Waals surface area contributed by atoms with Crippen molar-refractivity contribution in [2.45, 2.75) is 13.8 Å². The second-order valence-corrected chi connectivity index (χ2v) is 5.12. The van der Waals surface area contributed by atoms with Crippen LogP contribution in [0.25, 0.3) is 22.5 Å². The minimum atomic E-state index is -0.226. The van der Waals surface area contributed by atoms with Gasteiger partial charge in [-0.15, -0.1) is 10.2 Å². The van der Waals surface area contributed by atoms with Crippen LogP contribution >= 0.6 is 0 Å². The van der Waals surface area contributed by atoms with E-state index in [0.717, 1.165) is 16.8 Å². The van der Waals surface area contributed by atoms with Gasteiger partial charge in [-0.25, -0.2) is 0 Å². The van der Waals surface area contributed by atoms with Crippen LogP contribution in [-0.2, 0) is 0 Å². The van der Waals surface area contributed by atoms with E-state index < -0.39 is 0 Å². The van der Waals surface area contributed by atoms with Crippen LogP contribution in [-0.4, -0.2) is 29.4 Å². The summed E-state index contributed by atoms with van der Waals surface area (Å²) in [4.78, 5) is 16.7. The molecule has 3 heterocycles. The number of fused-ring (bicyclic) bond motifs is 3. The zero-order valence-corrected chi connectivity index (χ0v) is 12.1. The van der Waals surface area contributed by atoms with Crippen LogP contribution in [0.5, 0.6) is 0 Å². The third-order valence-corrected chi connectivity index (χ3v) is 3.88. The minimum absolute atomic E-state index is 0.226. The van der Waals surface area contributed by atoms with Crippen molar-refractivity contribution in [3.63, 3.8) is 0 Å². The van der Waals surface area contributed by atoms with Crippen molar-refractivity contribution in [1.82, 2.24) is 29.4 Å². The SMILES string of the molecule is Cc1cccc(-n2ccc3c(nnc4ncnn43)c2=O)c1C. The van der Waals surface area contributed by atoms with Crippen molar-refractivity contribution in [3.8, 4) is 5.69 Å². The van der Waals surface area contributed by atoms with Gasteiger partial charge in [-0.2, -0.15) is 14.6 Å². The maximum atomic E-state index is 12.8. The first-order chi connectivity index (χ1) is 10.7.